The quantitative estimate of drug-likeness (QED) is 0.525. The summed E-state index contributed by atoms with van der Waals surface area (Å²) in [5, 5.41) is 0. The molecule has 0 bridgehead atoms. The lowest BCUT2D eigenvalue weighted by Crippen LogP contribution is -2.26. The Morgan fingerprint density at radius 2 is 2.00 bits per heavy atom. The van der Waals surface area contributed by atoms with Gasteiger partial charge >= 0.3 is 6.18 Å². The predicted molar refractivity (Wildman–Crippen MR) is 34.1 cm³/mol. The average molecular weight is 165 g/mol. The van der Waals surface area contributed by atoms with Gasteiger partial charge in [-0.1, -0.05) is 0 Å². The monoisotopic (exact) mass is 165 g/mol. The highest BCUT2D eigenvalue weighted by Crippen LogP contribution is 2.57. The van der Waals surface area contributed by atoms with E-state index in [0.717, 1.165) is 13.0 Å². The maximum Gasteiger partial charge on any atom is 0.393 e. The summed E-state index contributed by atoms with van der Waals surface area (Å²) in [7, 11) is 1.77. The van der Waals surface area contributed by atoms with Gasteiger partial charge in [0.15, 0.2) is 0 Å². The third-order valence-corrected chi connectivity index (χ3v) is 2.83. The van der Waals surface area contributed by atoms with Crippen LogP contribution in [0.25, 0.3) is 0 Å². The third-order valence-electron chi connectivity index (χ3n) is 2.83. The van der Waals surface area contributed by atoms with Crippen LogP contribution in [0.5, 0.6) is 0 Å². The molecule has 0 radical (unpaired) electrons. The summed E-state index contributed by atoms with van der Waals surface area (Å²) in [6, 6.07) is -0.185. The molecule has 0 aromatic heterocycles. The van der Waals surface area contributed by atoms with Crippen LogP contribution in [0.3, 0.4) is 0 Å². The number of rotatable bonds is 0. The minimum atomic E-state index is -3.95. The minimum absolute atomic E-state index is 0.0833. The van der Waals surface area contributed by atoms with Crippen molar-refractivity contribution < 1.29 is 13.2 Å². The first-order valence-corrected chi connectivity index (χ1v) is 3.79. The van der Waals surface area contributed by atoms with Crippen LogP contribution < -0.4 is 0 Å². The molecule has 11 heavy (non-hydrogen) atoms. The zero-order valence-electron chi connectivity index (χ0n) is 6.23. The van der Waals surface area contributed by atoms with Crippen molar-refractivity contribution in [1.29, 1.82) is 0 Å². The lowest BCUT2D eigenvalue weighted by atomic mass is 10.2. The second-order valence-corrected chi connectivity index (χ2v) is 3.49. The first kappa shape index (κ1) is 7.40. The van der Waals surface area contributed by atoms with Crippen LogP contribution in [-0.4, -0.2) is 30.7 Å². The van der Waals surface area contributed by atoms with Gasteiger partial charge in [0, 0.05) is 6.04 Å². The molecule has 4 heteroatoms. The van der Waals surface area contributed by atoms with Gasteiger partial charge < -0.3 is 4.90 Å². The molecule has 2 aliphatic rings. The number of piperidine rings is 1. The maximum atomic E-state index is 12.1. The maximum absolute atomic E-state index is 12.1. The Kier molecular flexibility index (Phi) is 1.29. The van der Waals surface area contributed by atoms with Gasteiger partial charge in [0.2, 0.25) is 0 Å². The van der Waals surface area contributed by atoms with Gasteiger partial charge in [-0.25, -0.2) is 0 Å². The summed E-state index contributed by atoms with van der Waals surface area (Å²) in [5.41, 5.74) is 0. The van der Waals surface area contributed by atoms with Gasteiger partial charge in [-0.05, 0) is 25.9 Å². The lowest BCUT2D eigenvalue weighted by Gasteiger charge is -2.14. The summed E-state index contributed by atoms with van der Waals surface area (Å²) in [6.07, 6.45) is -3.23. The van der Waals surface area contributed by atoms with Gasteiger partial charge in [-0.15, -0.1) is 0 Å². The van der Waals surface area contributed by atoms with Crippen molar-refractivity contribution in [1.82, 2.24) is 4.90 Å². The Labute approximate surface area is 63.2 Å². The number of likely N-dealkylation sites (tertiary alicyclic amines) is 1. The van der Waals surface area contributed by atoms with E-state index >= 15 is 0 Å². The van der Waals surface area contributed by atoms with E-state index in [9.17, 15) is 13.2 Å². The summed E-state index contributed by atoms with van der Waals surface area (Å²) in [6.45, 7) is 0.835. The SMILES string of the molecule is CN1CC[C@@H]2[C@H]1[C@H]2C(F)(F)F. The van der Waals surface area contributed by atoms with Gasteiger partial charge in [0.05, 0.1) is 5.92 Å². The normalized spacial score (nSPS) is 44.2. The first-order chi connectivity index (χ1) is 5.02. The van der Waals surface area contributed by atoms with E-state index in [4.69, 9.17) is 0 Å². The van der Waals surface area contributed by atoms with E-state index < -0.39 is 12.1 Å². The average Bonchev–Trinajstić information content (AvgIpc) is 2.47. The zero-order valence-corrected chi connectivity index (χ0v) is 6.23. The summed E-state index contributed by atoms with van der Waals surface area (Å²) < 4.78 is 36.3. The predicted octanol–water partition coefficient (Wildman–Crippen LogP) is 1.50. The standard InChI is InChI=1S/C7H10F3N/c1-11-3-2-4-5(6(4)11)7(8,9)10/h4-6H,2-3H2,1H3/t4-,5-,6-/m0/s1. The number of fused-ring (bicyclic) bond motifs is 1. The topological polar surface area (TPSA) is 3.24 Å². The smallest absolute Gasteiger partial charge is 0.302 e. The molecule has 3 atom stereocenters. The number of hydrogen-bond acceptors (Lipinski definition) is 1. The third kappa shape index (κ3) is 0.956. The molecule has 0 aromatic rings. The van der Waals surface area contributed by atoms with Crippen LogP contribution in [0.2, 0.25) is 0 Å². The zero-order chi connectivity index (χ0) is 8.22. The van der Waals surface area contributed by atoms with Crippen molar-refractivity contribution in [2.75, 3.05) is 13.6 Å². The van der Waals surface area contributed by atoms with Crippen molar-refractivity contribution in [2.45, 2.75) is 18.6 Å². The van der Waals surface area contributed by atoms with Gasteiger partial charge in [-0.2, -0.15) is 13.2 Å². The van der Waals surface area contributed by atoms with Crippen LogP contribution in [0, 0.1) is 11.8 Å². The van der Waals surface area contributed by atoms with Gasteiger partial charge in [0.1, 0.15) is 0 Å². The molecule has 0 aromatic carbocycles. The fourth-order valence-corrected chi connectivity index (χ4v) is 2.25. The summed E-state index contributed by atoms with van der Waals surface area (Å²) in [4.78, 5) is 1.82. The lowest BCUT2D eigenvalue weighted by molar-refractivity contribution is -0.156. The highest BCUT2D eigenvalue weighted by molar-refractivity contribution is 5.10. The van der Waals surface area contributed by atoms with Crippen LogP contribution >= 0.6 is 0 Å². The largest absolute Gasteiger partial charge is 0.393 e. The molecule has 2 fully saturated rings. The highest BCUT2D eigenvalue weighted by Gasteiger charge is 2.67. The molecular weight excluding hydrogens is 155 g/mol. The van der Waals surface area contributed by atoms with E-state index in [1.165, 1.54) is 0 Å². The number of nitrogens with zero attached hydrogens (tertiary/aromatic N) is 1. The molecule has 1 saturated heterocycles. The number of hydrogen-bond donors (Lipinski definition) is 0. The molecular formula is C7H10F3N. The fourth-order valence-electron chi connectivity index (χ4n) is 2.25. The molecule has 1 aliphatic carbocycles. The van der Waals surface area contributed by atoms with Crippen molar-refractivity contribution in [3.8, 4) is 0 Å². The van der Waals surface area contributed by atoms with Gasteiger partial charge in [-0.3, -0.25) is 0 Å². The Balaban J connectivity index is 2.04. The molecule has 1 aliphatic heterocycles. The minimum Gasteiger partial charge on any atom is -0.302 e. The highest BCUT2D eigenvalue weighted by atomic mass is 19.4. The Bertz CT molecular complexity index is 177. The molecule has 2 rings (SSSR count). The first-order valence-electron chi connectivity index (χ1n) is 3.79. The van der Waals surface area contributed by atoms with E-state index in [1.807, 2.05) is 4.90 Å². The van der Waals surface area contributed by atoms with E-state index in [0.29, 0.717) is 0 Å². The Morgan fingerprint density at radius 3 is 2.27 bits per heavy atom. The number of halogens is 3. The molecule has 0 unspecified atom stereocenters. The molecule has 64 valence electrons. The second-order valence-electron chi connectivity index (χ2n) is 3.49. The van der Waals surface area contributed by atoms with E-state index in [-0.39, 0.29) is 12.0 Å². The molecule has 1 nitrogen and oxygen atoms in total. The van der Waals surface area contributed by atoms with Gasteiger partial charge in [0.25, 0.3) is 0 Å². The number of alkyl halides is 3. The molecule has 0 spiro atoms. The summed E-state index contributed by atoms with van der Waals surface area (Å²) in [5.74, 6) is -1.10. The van der Waals surface area contributed by atoms with Crippen LogP contribution in [-0.2, 0) is 0 Å². The van der Waals surface area contributed by atoms with Crippen molar-refractivity contribution in [3.63, 3.8) is 0 Å². The molecule has 1 heterocycles. The van der Waals surface area contributed by atoms with Crippen molar-refractivity contribution in [2.24, 2.45) is 11.8 Å². The van der Waals surface area contributed by atoms with Crippen LogP contribution in [0.4, 0.5) is 13.2 Å². The van der Waals surface area contributed by atoms with Crippen molar-refractivity contribution >= 4 is 0 Å². The Hall–Kier alpha value is -0.250. The fraction of sp³-hybridized carbons (Fsp3) is 1.00. The second kappa shape index (κ2) is 1.91. The van der Waals surface area contributed by atoms with Crippen LogP contribution in [0.15, 0.2) is 0 Å². The molecule has 0 N–H and O–H groups in total. The summed E-state index contributed by atoms with van der Waals surface area (Å²) >= 11 is 0. The molecule has 0 amide bonds. The van der Waals surface area contributed by atoms with E-state index in [2.05, 4.69) is 0 Å². The Morgan fingerprint density at radius 1 is 1.36 bits per heavy atom. The van der Waals surface area contributed by atoms with Crippen LogP contribution in [0.1, 0.15) is 6.42 Å². The molecule has 1 saturated carbocycles. The van der Waals surface area contributed by atoms with E-state index in [1.54, 1.807) is 7.05 Å². The van der Waals surface area contributed by atoms with Crippen molar-refractivity contribution in [3.05, 3.63) is 0 Å².